The Morgan fingerprint density at radius 2 is 1.53 bits per heavy atom. The van der Waals surface area contributed by atoms with Crippen LogP contribution in [0.4, 0.5) is 5.82 Å². The maximum absolute atomic E-state index is 7.95. The fourth-order valence-electron chi connectivity index (χ4n) is 3.27. The molecule has 0 atom stereocenters. The molecule has 0 fully saturated rings. The van der Waals surface area contributed by atoms with Gasteiger partial charge >= 0.3 is 27.0 Å². The van der Waals surface area contributed by atoms with Gasteiger partial charge < -0.3 is 22.7 Å². The second-order valence-corrected chi connectivity index (χ2v) is 8.74. The van der Waals surface area contributed by atoms with Crippen LogP contribution in [0.25, 0.3) is 27.7 Å². The van der Waals surface area contributed by atoms with E-state index in [1.807, 2.05) is 47.9 Å². The summed E-state index contributed by atoms with van der Waals surface area (Å²) in [6, 6.07) is 16.6. The van der Waals surface area contributed by atoms with Crippen LogP contribution >= 0.6 is 9.69 Å². The van der Waals surface area contributed by atoms with Crippen molar-refractivity contribution in [2.24, 2.45) is 5.92 Å². The summed E-state index contributed by atoms with van der Waals surface area (Å²) in [7, 11) is 4.57. The summed E-state index contributed by atoms with van der Waals surface area (Å²) in [6.45, 7) is 16.1. The van der Waals surface area contributed by atoms with Gasteiger partial charge in [-0.1, -0.05) is 102 Å². The van der Waals surface area contributed by atoms with Crippen LogP contribution in [0.3, 0.4) is 0 Å². The van der Waals surface area contributed by atoms with E-state index in [1.165, 1.54) is 17.5 Å². The second kappa shape index (κ2) is 16.6. The molecule has 0 saturated carbocycles. The van der Waals surface area contributed by atoms with Gasteiger partial charge in [-0.05, 0) is 35.7 Å². The van der Waals surface area contributed by atoms with E-state index in [4.69, 9.17) is 5.73 Å². The summed E-state index contributed by atoms with van der Waals surface area (Å²) in [5, 5.41) is 1.07. The number of nitrogens with zero attached hydrogens (tertiary/aromatic N) is 3. The number of imidazole rings is 1. The molecule has 2 aromatic carbocycles. The molecule has 0 unspecified atom stereocenters. The second-order valence-electron chi connectivity index (χ2n) is 8.74. The van der Waals surface area contributed by atoms with E-state index in [9.17, 15) is 0 Å². The van der Waals surface area contributed by atoms with Gasteiger partial charge in [0.25, 0.3) is 0 Å². The van der Waals surface area contributed by atoms with E-state index in [0.717, 1.165) is 23.0 Å². The van der Waals surface area contributed by atoms with Gasteiger partial charge in [0, 0.05) is 11.9 Å². The van der Waals surface area contributed by atoms with Crippen LogP contribution < -0.4 is 0 Å². The molecule has 0 bridgehead atoms. The van der Waals surface area contributed by atoms with Crippen molar-refractivity contribution < 1.29 is 17.3 Å². The zero-order valence-corrected chi connectivity index (χ0v) is 24.3. The van der Waals surface area contributed by atoms with Crippen molar-refractivity contribution in [1.82, 2.24) is 14.5 Å². The van der Waals surface area contributed by atoms with Crippen molar-refractivity contribution >= 4 is 37.4 Å². The average molecular weight is 569 g/mol. The van der Waals surface area contributed by atoms with Crippen molar-refractivity contribution in [3.63, 3.8) is 0 Å². The van der Waals surface area contributed by atoms with Gasteiger partial charge in [0.2, 0.25) is 0 Å². The Morgan fingerprint density at radius 3 is 2.06 bits per heavy atom. The van der Waals surface area contributed by atoms with Crippen LogP contribution in [0.2, 0.25) is 0 Å². The maximum atomic E-state index is 7.95. The minimum absolute atomic E-state index is 0. The Balaban J connectivity index is 0.000000582. The molecule has 6 heteroatoms. The molecular formula is C28H40ClN4Ru. The van der Waals surface area contributed by atoms with Crippen LogP contribution in [0.1, 0.15) is 65.0 Å². The summed E-state index contributed by atoms with van der Waals surface area (Å²) >= 11 is 1.82. The standard InChI is InChI=1S/C14H15N4.C10H14.C3H8.CH3.ClH.Ru/c1-9(2)7-18-8-16-12-13(18)10-5-3-4-6-11(10)17-14(12)15;1-8(2)10-6-4-9(3)5-7-10;1-3-2;;;/h3-6,8-9H,7H2,1-2H3,(H-,15,17);4-8H,1-3H3;3H2,1-2H3;1H3;1H;/q-1;;;-1;;+3/p-1. The Labute approximate surface area is 221 Å². The molecule has 0 aliphatic carbocycles. The Kier molecular flexibility index (Phi) is 15.7. The van der Waals surface area contributed by atoms with Crippen LogP contribution in [0.5, 0.6) is 0 Å². The molecule has 0 saturated heterocycles. The number of hydrogen-bond acceptors (Lipinski definition) is 2. The number of aromatic nitrogens is 3. The van der Waals surface area contributed by atoms with Crippen LogP contribution in [-0.2, 0) is 23.9 Å². The fourth-order valence-corrected chi connectivity index (χ4v) is 3.27. The number of hydrogen-bond donors (Lipinski definition) is 0. The van der Waals surface area contributed by atoms with Crippen molar-refractivity contribution in [3.8, 4) is 0 Å². The molecule has 0 amide bonds. The van der Waals surface area contributed by atoms with Crippen molar-refractivity contribution in [1.29, 1.82) is 0 Å². The van der Waals surface area contributed by atoms with Crippen molar-refractivity contribution in [2.45, 2.75) is 67.3 Å². The van der Waals surface area contributed by atoms with Gasteiger partial charge in [-0.15, -0.1) is 0 Å². The molecule has 187 valence electrons. The Morgan fingerprint density at radius 1 is 0.971 bits per heavy atom. The van der Waals surface area contributed by atoms with Crippen LogP contribution in [0, 0.1) is 20.3 Å². The molecule has 0 aliphatic heterocycles. The molecule has 4 aromatic rings. The Hall–Kier alpha value is -1.97. The molecule has 0 radical (unpaired) electrons. The van der Waals surface area contributed by atoms with E-state index < -0.39 is 0 Å². The van der Waals surface area contributed by atoms with Crippen molar-refractivity contribution in [2.75, 3.05) is 0 Å². The summed E-state index contributed by atoms with van der Waals surface area (Å²) < 4.78 is 2.13. The molecule has 0 spiro atoms. The van der Waals surface area contributed by atoms with Gasteiger partial charge in [0.15, 0.2) is 0 Å². The summed E-state index contributed by atoms with van der Waals surface area (Å²) in [5.74, 6) is 1.45. The number of nitrogens with one attached hydrogen (secondary N) is 1. The molecule has 1 N–H and O–H groups in total. The minimum atomic E-state index is 0. The van der Waals surface area contributed by atoms with Gasteiger partial charge in [-0.2, -0.15) is 0 Å². The number of aryl methyl sites for hydroxylation is 1. The first-order valence-corrected chi connectivity index (χ1v) is 13.7. The number of fused-ring (bicyclic) bond motifs is 3. The number of halogens is 1. The van der Waals surface area contributed by atoms with E-state index >= 15 is 0 Å². The zero-order chi connectivity index (χ0) is 25.0. The predicted octanol–water partition coefficient (Wildman–Crippen LogP) is 9.60. The normalized spacial score (nSPS) is 9.94. The van der Waals surface area contributed by atoms with Gasteiger partial charge in [0.05, 0.1) is 17.4 Å². The quantitative estimate of drug-likeness (QED) is 0.182. The molecule has 2 aromatic heterocycles. The molecule has 4 rings (SSSR count). The zero-order valence-electron chi connectivity index (χ0n) is 21.8. The van der Waals surface area contributed by atoms with Gasteiger partial charge in [-0.25, -0.2) is 4.98 Å². The first kappa shape index (κ1) is 32.0. The van der Waals surface area contributed by atoms with Crippen LogP contribution in [-0.4, -0.2) is 14.5 Å². The van der Waals surface area contributed by atoms with E-state index in [2.05, 4.69) is 97.0 Å². The molecule has 0 aliphatic rings. The molecule has 4 nitrogen and oxygen atoms in total. The number of rotatable bonds is 3. The van der Waals surface area contributed by atoms with E-state index in [0.29, 0.717) is 17.4 Å². The number of benzene rings is 2. The SMILES string of the molecule is CC(C)Cn1cnc2c([NH-])nc3ccccc3c21.CCC.Cc1ccc(C(C)C)cc1.[CH3-].[Cl][Ru+2]. The monoisotopic (exact) mass is 569 g/mol. The van der Waals surface area contributed by atoms with Crippen LogP contribution in [0.15, 0.2) is 54.9 Å². The number of pyridine rings is 1. The third-order valence-electron chi connectivity index (χ3n) is 4.76. The van der Waals surface area contributed by atoms with E-state index in [-0.39, 0.29) is 13.2 Å². The predicted molar refractivity (Wildman–Crippen MR) is 147 cm³/mol. The van der Waals surface area contributed by atoms with Gasteiger partial charge in [0.1, 0.15) is 0 Å². The first-order chi connectivity index (χ1) is 15.8. The summed E-state index contributed by atoms with van der Waals surface area (Å²) in [6.07, 6.45) is 3.07. The molecular weight excluding hydrogens is 529 g/mol. The van der Waals surface area contributed by atoms with E-state index in [1.54, 1.807) is 0 Å². The Bertz CT molecular complexity index is 1090. The average Bonchev–Trinajstić information content (AvgIpc) is 3.20. The topological polar surface area (TPSA) is 54.5 Å². The van der Waals surface area contributed by atoms with Gasteiger partial charge in [-0.3, -0.25) is 0 Å². The fraction of sp³-hybridized carbons (Fsp3) is 0.393. The third kappa shape index (κ3) is 9.35. The summed E-state index contributed by atoms with van der Waals surface area (Å²) in [5.41, 5.74) is 13.3. The first-order valence-electron chi connectivity index (χ1n) is 11.4. The van der Waals surface area contributed by atoms with Crippen molar-refractivity contribution in [3.05, 3.63) is 79.1 Å². The summed E-state index contributed by atoms with van der Waals surface area (Å²) in [4.78, 5) is 8.62. The molecule has 34 heavy (non-hydrogen) atoms. The number of para-hydroxylation sites is 1. The molecule has 2 heterocycles. The third-order valence-corrected chi connectivity index (χ3v) is 4.76.